The Hall–Kier alpha value is -2.42. The number of benzene rings is 1. The van der Waals surface area contributed by atoms with Crippen LogP contribution in [0.1, 0.15) is 24.5 Å². The molecule has 24 heavy (non-hydrogen) atoms. The highest BCUT2D eigenvalue weighted by Crippen LogP contribution is 2.41. The molecule has 1 atom stereocenters. The number of hydrazone groups is 1. The van der Waals surface area contributed by atoms with Crippen molar-refractivity contribution in [1.82, 2.24) is 5.01 Å². The molecule has 1 amide bonds. The third kappa shape index (κ3) is 3.12. The maximum Gasteiger partial charge on any atom is 0.438 e. The molecule has 1 N–H and O–H groups in total. The summed E-state index contributed by atoms with van der Waals surface area (Å²) in [5, 5.41) is 13.3. The Morgan fingerprint density at radius 3 is 2.42 bits per heavy atom. The maximum atomic E-state index is 13.3. The summed E-state index contributed by atoms with van der Waals surface area (Å²) in [6, 6.07) is 6.34. The first-order valence-electron chi connectivity index (χ1n) is 7.05. The minimum absolute atomic E-state index is 0.160. The number of hydrogen-bond acceptors (Lipinski definition) is 5. The quantitative estimate of drug-likeness (QED) is 0.655. The summed E-state index contributed by atoms with van der Waals surface area (Å²) in [5.74, 6) is -3.20. The maximum absolute atomic E-state index is 13.3. The van der Waals surface area contributed by atoms with Crippen LogP contribution in [-0.2, 0) is 14.3 Å². The molecule has 0 spiro atoms. The molecule has 0 bridgehead atoms. The summed E-state index contributed by atoms with van der Waals surface area (Å²) in [7, 11) is 0. The normalized spacial score (nSPS) is 20.8. The highest BCUT2D eigenvalue weighted by molar-refractivity contribution is 6.33. The van der Waals surface area contributed by atoms with Gasteiger partial charge >= 0.3 is 18.1 Å². The number of carbonyl (C=O) groups excluding carboxylic acids is 2. The number of hydrogen-bond donors (Lipinski definition) is 1. The van der Waals surface area contributed by atoms with Gasteiger partial charge in [-0.05, 0) is 19.4 Å². The van der Waals surface area contributed by atoms with Crippen molar-refractivity contribution in [3.8, 4) is 0 Å². The zero-order chi connectivity index (χ0) is 18.1. The molecule has 0 saturated heterocycles. The van der Waals surface area contributed by atoms with E-state index in [1.165, 1.54) is 19.1 Å². The second kappa shape index (κ2) is 6.23. The Kier molecular flexibility index (Phi) is 4.66. The summed E-state index contributed by atoms with van der Waals surface area (Å²) in [6.07, 6.45) is -6.18. The number of aliphatic hydroxyl groups is 1. The summed E-state index contributed by atoms with van der Waals surface area (Å²) < 4.78 is 44.3. The van der Waals surface area contributed by atoms with E-state index in [0.717, 1.165) is 5.56 Å². The number of rotatable bonds is 2. The van der Waals surface area contributed by atoms with Gasteiger partial charge in [-0.15, -0.1) is 0 Å². The van der Waals surface area contributed by atoms with Crippen molar-refractivity contribution in [3.63, 3.8) is 0 Å². The Morgan fingerprint density at radius 2 is 1.92 bits per heavy atom. The van der Waals surface area contributed by atoms with E-state index in [-0.39, 0.29) is 17.3 Å². The van der Waals surface area contributed by atoms with Crippen molar-refractivity contribution < 1.29 is 32.6 Å². The van der Waals surface area contributed by atoms with Crippen LogP contribution in [0.5, 0.6) is 0 Å². The minimum atomic E-state index is -5.20. The second-order valence-electron chi connectivity index (χ2n) is 5.24. The molecular weight excluding hydrogens is 329 g/mol. The lowest BCUT2D eigenvalue weighted by Gasteiger charge is -2.31. The molecule has 0 fully saturated rings. The monoisotopic (exact) mass is 344 g/mol. The van der Waals surface area contributed by atoms with Crippen LogP contribution in [0.3, 0.4) is 0 Å². The predicted octanol–water partition coefficient (Wildman–Crippen LogP) is 1.75. The molecule has 1 aromatic rings. The van der Waals surface area contributed by atoms with Crippen molar-refractivity contribution in [3.05, 3.63) is 35.4 Å². The molecule has 0 aliphatic carbocycles. The number of alkyl halides is 3. The van der Waals surface area contributed by atoms with Crippen LogP contribution in [0.25, 0.3) is 0 Å². The topological polar surface area (TPSA) is 79.2 Å². The van der Waals surface area contributed by atoms with Crippen LogP contribution in [0.2, 0.25) is 0 Å². The fourth-order valence-corrected chi connectivity index (χ4v) is 2.17. The van der Waals surface area contributed by atoms with Gasteiger partial charge in [0.25, 0.3) is 5.72 Å². The molecule has 1 aliphatic rings. The number of halogens is 3. The number of aryl methyl sites for hydroxylation is 1. The molecule has 1 heterocycles. The van der Waals surface area contributed by atoms with Crippen LogP contribution in [0.4, 0.5) is 13.2 Å². The first-order chi connectivity index (χ1) is 11.1. The van der Waals surface area contributed by atoms with Gasteiger partial charge in [-0.1, -0.05) is 29.8 Å². The SMILES string of the molecule is CCOC(=O)C(=O)N1N=C(c2ccc(C)cc2)C[C@@]1(O)C(F)(F)F. The minimum Gasteiger partial charge on any atom is -0.459 e. The summed E-state index contributed by atoms with van der Waals surface area (Å²) in [5.41, 5.74) is -2.57. The van der Waals surface area contributed by atoms with Crippen LogP contribution in [0.15, 0.2) is 29.4 Å². The highest BCUT2D eigenvalue weighted by atomic mass is 19.4. The van der Waals surface area contributed by atoms with Crippen LogP contribution < -0.4 is 0 Å². The lowest BCUT2D eigenvalue weighted by molar-refractivity contribution is -0.302. The second-order valence-corrected chi connectivity index (χ2v) is 5.24. The zero-order valence-electron chi connectivity index (χ0n) is 12.9. The molecule has 6 nitrogen and oxygen atoms in total. The van der Waals surface area contributed by atoms with Gasteiger partial charge in [0, 0.05) is 0 Å². The number of ether oxygens (including phenoxy) is 1. The van der Waals surface area contributed by atoms with Gasteiger partial charge in [-0.3, -0.25) is 4.79 Å². The molecule has 0 unspecified atom stereocenters. The van der Waals surface area contributed by atoms with E-state index in [9.17, 15) is 27.9 Å². The van der Waals surface area contributed by atoms with E-state index in [0.29, 0.717) is 5.56 Å². The highest BCUT2D eigenvalue weighted by Gasteiger charge is 2.64. The van der Waals surface area contributed by atoms with Crippen molar-refractivity contribution >= 4 is 17.6 Å². The van der Waals surface area contributed by atoms with Crippen LogP contribution in [0, 0.1) is 6.92 Å². The summed E-state index contributed by atoms with van der Waals surface area (Å²) in [6.45, 7) is 2.99. The molecule has 0 saturated carbocycles. The standard InChI is InChI=1S/C15H15F3N2O4/c1-3-24-13(22)12(21)20-14(23,15(16,17)18)8-11(19-20)10-6-4-9(2)5-7-10/h4-7,23H,3,8H2,1-2H3/t14-/m1/s1. The molecule has 9 heteroatoms. The van der Waals surface area contributed by atoms with Crippen molar-refractivity contribution in [2.45, 2.75) is 32.2 Å². The third-order valence-electron chi connectivity index (χ3n) is 3.47. The first-order valence-corrected chi connectivity index (χ1v) is 7.05. The zero-order valence-corrected chi connectivity index (χ0v) is 12.9. The van der Waals surface area contributed by atoms with Gasteiger partial charge in [0.15, 0.2) is 0 Å². The molecule has 2 rings (SSSR count). The van der Waals surface area contributed by atoms with Gasteiger partial charge in [0.1, 0.15) is 0 Å². The van der Waals surface area contributed by atoms with Gasteiger partial charge in [-0.2, -0.15) is 23.3 Å². The summed E-state index contributed by atoms with van der Waals surface area (Å²) in [4.78, 5) is 23.4. The van der Waals surface area contributed by atoms with Crippen molar-refractivity contribution in [1.29, 1.82) is 0 Å². The average Bonchev–Trinajstić information content (AvgIpc) is 2.86. The predicted molar refractivity (Wildman–Crippen MR) is 76.8 cm³/mol. The summed E-state index contributed by atoms with van der Waals surface area (Å²) >= 11 is 0. The molecule has 1 aliphatic heterocycles. The largest absolute Gasteiger partial charge is 0.459 e. The third-order valence-corrected chi connectivity index (χ3v) is 3.47. The Morgan fingerprint density at radius 1 is 1.33 bits per heavy atom. The smallest absolute Gasteiger partial charge is 0.438 e. The Balaban J connectivity index is 2.43. The lowest BCUT2D eigenvalue weighted by atomic mass is 10.00. The van der Waals surface area contributed by atoms with E-state index >= 15 is 0 Å². The van der Waals surface area contributed by atoms with Crippen LogP contribution >= 0.6 is 0 Å². The van der Waals surface area contributed by atoms with Gasteiger partial charge in [0.05, 0.1) is 18.7 Å². The number of carbonyl (C=O) groups is 2. The molecule has 0 radical (unpaired) electrons. The van der Waals surface area contributed by atoms with E-state index in [1.54, 1.807) is 19.1 Å². The van der Waals surface area contributed by atoms with Crippen molar-refractivity contribution in [2.75, 3.05) is 6.61 Å². The van der Waals surface area contributed by atoms with E-state index in [2.05, 4.69) is 9.84 Å². The average molecular weight is 344 g/mol. The Labute approximate surface area is 135 Å². The van der Waals surface area contributed by atoms with Crippen LogP contribution in [-0.4, -0.2) is 46.2 Å². The van der Waals surface area contributed by atoms with Gasteiger partial charge in [-0.25, -0.2) is 4.79 Å². The number of nitrogens with zero attached hydrogens (tertiary/aromatic N) is 2. The molecule has 0 aromatic heterocycles. The fraction of sp³-hybridized carbons (Fsp3) is 0.400. The molecule has 130 valence electrons. The van der Waals surface area contributed by atoms with Crippen molar-refractivity contribution in [2.24, 2.45) is 5.10 Å². The van der Waals surface area contributed by atoms with Gasteiger partial charge < -0.3 is 9.84 Å². The van der Waals surface area contributed by atoms with Gasteiger partial charge in [0.2, 0.25) is 0 Å². The van der Waals surface area contributed by atoms with E-state index in [1.807, 2.05) is 0 Å². The molecule has 1 aromatic carbocycles. The first kappa shape index (κ1) is 17.9. The Bertz CT molecular complexity index is 685. The van der Waals surface area contributed by atoms with E-state index < -0.39 is 30.2 Å². The molecular formula is C15H15F3N2O4. The number of esters is 1. The fourth-order valence-electron chi connectivity index (χ4n) is 2.17. The van der Waals surface area contributed by atoms with E-state index in [4.69, 9.17) is 0 Å². The number of amides is 1. The lowest BCUT2D eigenvalue weighted by Crippen LogP contribution is -2.58.